The van der Waals surface area contributed by atoms with E-state index in [1.165, 1.54) is 0 Å². The fourth-order valence-corrected chi connectivity index (χ4v) is 2.12. The van der Waals surface area contributed by atoms with Crippen molar-refractivity contribution in [2.45, 2.75) is 25.0 Å². The van der Waals surface area contributed by atoms with Gasteiger partial charge >= 0.3 is 0 Å². The lowest BCUT2D eigenvalue weighted by Crippen LogP contribution is -2.16. The molecule has 0 spiro atoms. The van der Waals surface area contributed by atoms with Gasteiger partial charge in [0.05, 0.1) is 5.25 Å². The zero-order valence-corrected chi connectivity index (χ0v) is 7.32. The molecule has 62 valence electrons. The van der Waals surface area contributed by atoms with E-state index in [-0.39, 0.29) is 13.0 Å². The van der Waals surface area contributed by atoms with Crippen LogP contribution in [0.2, 0.25) is 0 Å². The van der Waals surface area contributed by atoms with Crippen molar-refractivity contribution >= 4 is 19.7 Å². The number of aliphatic hydroxyl groups is 1. The van der Waals surface area contributed by atoms with E-state index >= 15 is 0 Å². The van der Waals surface area contributed by atoms with Crippen LogP contribution in [0.5, 0.6) is 0 Å². The fraction of sp³-hybridized carbons (Fsp3) is 1.00. The minimum Gasteiger partial charge on any atom is -0.396 e. The number of rotatable bonds is 4. The SMILES string of the molecule is CCC(CCO)S(=O)(=O)Cl. The molecule has 0 aliphatic heterocycles. The summed E-state index contributed by atoms with van der Waals surface area (Å²) in [6.07, 6.45) is 0.675. The van der Waals surface area contributed by atoms with Crippen molar-refractivity contribution in [3.8, 4) is 0 Å². The maximum atomic E-state index is 10.6. The van der Waals surface area contributed by atoms with E-state index in [2.05, 4.69) is 0 Å². The Labute approximate surface area is 65.4 Å². The number of hydrogen-bond donors (Lipinski definition) is 1. The van der Waals surface area contributed by atoms with Crippen molar-refractivity contribution in [3.05, 3.63) is 0 Å². The predicted molar refractivity (Wildman–Crippen MR) is 40.6 cm³/mol. The lowest BCUT2D eigenvalue weighted by atomic mass is 10.2. The summed E-state index contributed by atoms with van der Waals surface area (Å²) >= 11 is 0. The van der Waals surface area contributed by atoms with Crippen LogP contribution in [-0.2, 0) is 9.05 Å². The molecule has 0 aliphatic carbocycles. The van der Waals surface area contributed by atoms with Crippen molar-refractivity contribution in [1.82, 2.24) is 0 Å². The molecule has 10 heavy (non-hydrogen) atoms. The molecule has 1 N–H and O–H groups in total. The molecule has 1 atom stereocenters. The quantitative estimate of drug-likeness (QED) is 0.659. The number of hydrogen-bond acceptors (Lipinski definition) is 3. The Balaban J connectivity index is 4.08. The molecule has 0 heterocycles. The Kier molecular flexibility index (Phi) is 4.24. The molecule has 0 rings (SSSR count). The van der Waals surface area contributed by atoms with E-state index in [0.717, 1.165) is 0 Å². The maximum absolute atomic E-state index is 10.6. The number of aliphatic hydroxyl groups excluding tert-OH is 1. The molecule has 0 radical (unpaired) electrons. The van der Waals surface area contributed by atoms with Crippen LogP contribution in [0.15, 0.2) is 0 Å². The predicted octanol–water partition coefficient (Wildman–Crippen LogP) is 0.716. The van der Waals surface area contributed by atoms with Crippen LogP contribution in [0.3, 0.4) is 0 Å². The van der Waals surface area contributed by atoms with Crippen LogP contribution in [0.4, 0.5) is 0 Å². The van der Waals surface area contributed by atoms with Gasteiger partial charge in [-0.25, -0.2) is 8.42 Å². The summed E-state index contributed by atoms with van der Waals surface area (Å²) in [6.45, 7) is 1.59. The Hall–Kier alpha value is 0.200. The lowest BCUT2D eigenvalue weighted by Gasteiger charge is -2.07. The van der Waals surface area contributed by atoms with Gasteiger partial charge in [-0.2, -0.15) is 0 Å². The Bertz CT molecular complexity index is 175. The van der Waals surface area contributed by atoms with Crippen LogP contribution in [0.25, 0.3) is 0 Å². The normalized spacial score (nSPS) is 15.1. The largest absolute Gasteiger partial charge is 0.396 e. The highest BCUT2D eigenvalue weighted by molar-refractivity contribution is 8.14. The third-order valence-electron chi connectivity index (χ3n) is 1.30. The van der Waals surface area contributed by atoms with Gasteiger partial charge in [0.15, 0.2) is 0 Å². The maximum Gasteiger partial charge on any atom is 0.235 e. The van der Waals surface area contributed by atoms with Gasteiger partial charge in [-0.05, 0) is 12.8 Å². The third-order valence-corrected chi connectivity index (χ3v) is 3.43. The minimum absolute atomic E-state index is 0.134. The van der Waals surface area contributed by atoms with E-state index in [1.54, 1.807) is 6.92 Å². The molecule has 0 aromatic heterocycles. The molecule has 3 nitrogen and oxygen atoms in total. The van der Waals surface area contributed by atoms with Gasteiger partial charge in [-0.1, -0.05) is 6.92 Å². The molecular weight excluding hydrogens is 176 g/mol. The molecule has 0 saturated carbocycles. The summed E-state index contributed by atoms with van der Waals surface area (Å²) in [7, 11) is 1.57. The molecule has 0 bridgehead atoms. The molecule has 0 saturated heterocycles. The summed E-state index contributed by atoms with van der Waals surface area (Å²) in [4.78, 5) is 0. The zero-order chi connectivity index (χ0) is 8.20. The summed E-state index contributed by atoms with van der Waals surface area (Å²) < 4.78 is 21.2. The lowest BCUT2D eigenvalue weighted by molar-refractivity contribution is 0.284. The first-order valence-corrected chi connectivity index (χ1v) is 5.44. The fourth-order valence-electron chi connectivity index (χ4n) is 0.688. The highest BCUT2D eigenvalue weighted by atomic mass is 35.7. The molecule has 0 fully saturated rings. The van der Waals surface area contributed by atoms with E-state index in [9.17, 15) is 8.42 Å². The second-order valence-corrected chi connectivity index (χ2v) is 4.93. The van der Waals surface area contributed by atoms with Crippen LogP contribution >= 0.6 is 10.7 Å². The highest BCUT2D eigenvalue weighted by Crippen LogP contribution is 2.13. The second kappa shape index (κ2) is 4.16. The molecule has 5 heteroatoms. The number of halogens is 1. The van der Waals surface area contributed by atoms with E-state index in [1.807, 2.05) is 0 Å². The van der Waals surface area contributed by atoms with Crippen LogP contribution < -0.4 is 0 Å². The first kappa shape index (κ1) is 10.2. The molecule has 0 aliphatic rings. The second-order valence-electron chi connectivity index (χ2n) is 2.02. The van der Waals surface area contributed by atoms with Crippen LogP contribution in [-0.4, -0.2) is 25.4 Å². The van der Waals surface area contributed by atoms with Crippen molar-refractivity contribution in [3.63, 3.8) is 0 Å². The summed E-state index contributed by atoms with van der Waals surface area (Å²) in [5, 5.41) is 7.81. The van der Waals surface area contributed by atoms with Crippen molar-refractivity contribution in [2.75, 3.05) is 6.61 Å². The van der Waals surface area contributed by atoms with E-state index in [4.69, 9.17) is 15.8 Å². The Morgan fingerprint density at radius 1 is 1.60 bits per heavy atom. The van der Waals surface area contributed by atoms with Crippen molar-refractivity contribution in [2.24, 2.45) is 0 Å². The average molecular weight is 187 g/mol. The standard InChI is InChI=1S/C5H11ClO3S/c1-2-5(3-4-7)10(6,8)9/h5,7H,2-4H2,1H3. The highest BCUT2D eigenvalue weighted by Gasteiger charge is 2.19. The average Bonchev–Trinajstić information content (AvgIpc) is 1.80. The summed E-state index contributed by atoms with van der Waals surface area (Å²) in [5.41, 5.74) is 0. The van der Waals surface area contributed by atoms with Gasteiger partial charge in [0.2, 0.25) is 9.05 Å². The van der Waals surface area contributed by atoms with Gasteiger partial charge in [-0.15, -0.1) is 0 Å². The monoisotopic (exact) mass is 186 g/mol. The van der Waals surface area contributed by atoms with Gasteiger partial charge in [0, 0.05) is 17.3 Å². The van der Waals surface area contributed by atoms with Crippen molar-refractivity contribution < 1.29 is 13.5 Å². The summed E-state index contributed by atoms with van der Waals surface area (Å²) in [6, 6.07) is 0. The molecule has 0 aromatic carbocycles. The molecule has 1 unspecified atom stereocenters. The van der Waals surface area contributed by atoms with Crippen molar-refractivity contribution in [1.29, 1.82) is 0 Å². The zero-order valence-electron chi connectivity index (χ0n) is 5.75. The molecule has 0 aromatic rings. The first-order chi connectivity index (χ1) is 4.52. The Morgan fingerprint density at radius 2 is 2.10 bits per heavy atom. The van der Waals surface area contributed by atoms with Gasteiger partial charge in [0.25, 0.3) is 0 Å². The van der Waals surface area contributed by atoms with Crippen LogP contribution in [0, 0.1) is 0 Å². The van der Waals surface area contributed by atoms with Crippen LogP contribution in [0.1, 0.15) is 19.8 Å². The Morgan fingerprint density at radius 3 is 2.20 bits per heavy atom. The minimum atomic E-state index is -3.46. The molecular formula is C5H11ClO3S. The van der Waals surface area contributed by atoms with E-state index in [0.29, 0.717) is 6.42 Å². The van der Waals surface area contributed by atoms with Gasteiger partial charge < -0.3 is 5.11 Å². The molecule has 0 amide bonds. The third kappa shape index (κ3) is 3.39. The van der Waals surface area contributed by atoms with Gasteiger partial charge in [0.1, 0.15) is 0 Å². The van der Waals surface area contributed by atoms with E-state index < -0.39 is 14.3 Å². The smallest absolute Gasteiger partial charge is 0.235 e. The first-order valence-electron chi connectivity index (χ1n) is 3.06. The summed E-state index contributed by atoms with van der Waals surface area (Å²) in [5.74, 6) is 0. The topological polar surface area (TPSA) is 54.4 Å². The van der Waals surface area contributed by atoms with Gasteiger partial charge in [-0.3, -0.25) is 0 Å².